The Morgan fingerprint density at radius 2 is 1.95 bits per heavy atom. The fourth-order valence-electron chi connectivity index (χ4n) is 2.32. The molecule has 0 saturated carbocycles. The van der Waals surface area contributed by atoms with Gasteiger partial charge in [-0.2, -0.15) is 0 Å². The van der Waals surface area contributed by atoms with E-state index in [-0.39, 0.29) is 11.8 Å². The number of hydrogen-bond acceptors (Lipinski definition) is 3. The van der Waals surface area contributed by atoms with Crippen LogP contribution in [-0.4, -0.2) is 36.7 Å². The maximum atomic E-state index is 11.8. The van der Waals surface area contributed by atoms with Crippen molar-refractivity contribution in [3.63, 3.8) is 0 Å². The number of hydrogen-bond donors (Lipinski definition) is 1. The molecule has 0 spiro atoms. The minimum absolute atomic E-state index is 0.0451. The predicted octanol–water partition coefficient (Wildman–Crippen LogP) is 1.93. The third kappa shape index (κ3) is 4.48. The SMILES string of the molecule is O=CC1CCN(CCC(=O)Nc2ccccc2)CC1. The summed E-state index contributed by atoms with van der Waals surface area (Å²) < 4.78 is 0. The van der Waals surface area contributed by atoms with E-state index in [1.54, 1.807) is 0 Å². The number of likely N-dealkylation sites (tertiary alicyclic amines) is 1. The van der Waals surface area contributed by atoms with Crippen LogP contribution < -0.4 is 5.32 Å². The van der Waals surface area contributed by atoms with E-state index in [1.165, 1.54) is 0 Å². The number of anilines is 1. The van der Waals surface area contributed by atoms with Crippen molar-refractivity contribution in [2.24, 2.45) is 5.92 Å². The van der Waals surface area contributed by atoms with Crippen molar-refractivity contribution in [2.45, 2.75) is 19.3 Å². The average molecular weight is 260 g/mol. The number of carbonyl (C=O) groups excluding carboxylic acids is 2. The molecule has 1 aliphatic heterocycles. The quantitative estimate of drug-likeness (QED) is 0.823. The van der Waals surface area contributed by atoms with Gasteiger partial charge >= 0.3 is 0 Å². The van der Waals surface area contributed by atoms with Crippen LogP contribution in [0.25, 0.3) is 0 Å². The molecule has 102 valence electrons. The first-order chi connectivity index (χ1) is 9.28. The Balaban J connectivity index is 1.68. The normalized spacial score (nSPS) is 17.1. The first-order valence-electron chi connectivity index (χ1n) is 6.80. The molecule has 1 amide bonds. The summed E-state index contributed by atoms with van der Waals surface area (Å²) in [5, 5.41) is 2.88. The summed E-state index contributed by atoms with van der Waals surface area (Å²) in [5.41, 5.74) is 0.840. The fraction of sp³-hybridized carbons (Fsp3) is 0.467. The summed E-state index contributed by atoms with van der Waals surface area (Å²) in [6.07, 6.45) is 3.40. The van der Waals surface area contributed by atoms with Gasteiger partial charge in [-0.15, -0.1) is 0 Å². The van der Waals surface area contributed by atoms with E-state index in [1.807, 2.05) is 30.3 Å². The molecule has 4 nitrogen and oxygen atoms in total. The average Bonchev–Trinajstić information content (AvgIpc) is 2.47. The van der Waals surface area contributed by atoms with Crippen LogP contribution >= 0.6 is 0 Å². The topological polar surface area (TPSA) is 49.4 Å². The Bertz CT molecular complexity index is 411. The van der Waals surface area contributed by atoms with Crippen molar-refractivity contribution >= 4 is 17.9 Å². The Kier molecular flexibility index (Phi) is 5.10. The lowest BCUT2D eigenvalue weighted by atomic mass is 9.98. The van der Waals surface area contributed by atoms with Crippen molar-refractivity contribution < 1.29 is 9.59 Å². The first-order valence-corrected chi connectivity index (χ1v) is 6.80. The largest absolute Gasteiger partial charge is 0.326 e. The van der Waals surface area contributed by atoms with Crippen LogP contribution in [0.4, 0.5) is 5.69 Å². The summed E-state index contributed by atoms with van der Waals surface area (Å²) in [6, 6.07) is 9.49. The zero-order valence-corrected chi connectivity index (χ0v) is 11.0. The van der Waals surface area contributed by atoms with E-state index in [2.05, 4.69) is 10.2 Å². The number of carbonyl (C=O) groups is 2. The molecular weight excluding hydrogens is 240 g/mol. The highest BCUT2D eigenvalue weighted by molar-refractivity contribution is 5.90. The molecule has 0 aromatic heterocycles. The van der Waals surface area contributed by atoms with Crippen LogP contribution in [0.1, 0.15) is 19.3 Å². The van der Waals surface area contributed by atoms with Crippen LogP contribution in [0.5, 0.6) is 0 Å². The lowest BCUT2D eigenvalue weighted by molar-refractivity contribution is -0.117. The molecule has 1 fully saturated rings. The highest BCUT2D eigenvalue weighted by Crippen LogP contribution is 2.15. The van der Waals surface area contributed by atoms with Gasteiger partial charge in [0.1, 0.15) is 6.29 Å². The molecule has 1 saturated heterocycles. The van der Waals surface area contributed by atoms with Gasteiger partial charge in [-0.1, -0.05) is 18.2 Å². The van der Waals surface area contributed by atoms with Gasteiger partial charge in [-0.25, -0.2) is 0 Å². The Labute approximate surface area is 113 Å². The van der Waals surface area contributed by atoms with Gasteiger partial charge in [-0.3, -0.25) is 4.79 Å². The second-order valence-electron chi connectivity index (χ2n) is 4.98. The van der Waals surface area contributed by atoms with Crippen LogP contribution in [0.15, 0.2) is 30.3 Å². The molecule has 1 heterocycles. The fourth-order valence-corrected chi connectivity index (χ4v) is 2.32. The monoisotopic (exact) mass is 260 g/mol. The van der Waals surface area contributed by atoms with E-state index < -0.39 is 0 Å². The summed E-state index contributed by atoms with van der Waals surface area (Å²) in [6.45, 7) is 2.61. The zero-order valence-electron chi connectivity index (χ0n) is 11.0. The van der Waals surface area contributed by atoms with Gasteiger partial charge in [0.05, 0.1) is 0 Å². The van der Waals surface area contributed by atoms with Gasteiger partial charge in [0.2, 0.25) is 5.91 Å². The molecule has 1 aromatic rings. The zero-order chi connectivity index (χ0) is 13.5. The summed E-state index contributed by atoms with van der Waals surface area (Å²) in [7, 11) is 0. The summed E-state index contributed by atoms with van der Waals surface area (Å²) >= 11 is 0. The maximum absolute atomic E-state index is 11.8. The third-order valence-corrected chi connectivity index (χ3v) is 3.54. The maximum Gasteiger partial charge on any atom is 0.225 e. The summed E-state index contributed by atoms with van der Waals surface area (Å²) in [4.78, 5) is 24.7. The Hall–Kier alpha value is -1.68. The van der Waals surface area contributed by atoms with Crippen molar-refractivity contribution in [1.29, 1.82) is 0 Å². The number of benzene rings is 1. The molecule has 0 radical (unpaired) electrons. The standard InChI is InChI=1S/C15H20N2O2/c18-12-13-6-9-17(10-7-13)11-8-15(19)16-14-4-2-1-3-5-14/h1-5,12-13H,6-11H2,(H,16,19). The minimum Gasteiger partial charge on any atom is -0.326 e. The molecule has 19 heavy (non-hydrogen) atoms. The van der Waals surface area contributed by atoms with Crippen LogP contribution in [-0.2, 0) is 9.59 Å². The number of aldehydes is 1. The van der Waals surface area contributed by atoms with Gasteiger partial charge in [0.15, 0.2) is 0 Å². The number of nitrogens with one attached hydrogen (secondary N) is 1. The lowest BCUT2D eigenvalue weighted by Gasteiger charge is -2.29. The van der Waals surface area contributed by atoms with E-state index in [0.717, 1.165) is 44.4 Å². The van der Waals surface area contributed by atoms with Gasteiger partial charge in [0.25, 0.3) is 0 Å². The number of piperidine rings is 1. The van der Waals surface area contributed by atoms with E-state index >= 15 is 0 Å². The summed E-state index contributed by atoms with van der Waals surface area (Å²) in [5.74, 6) is 0.262. The number of rotatable bonds is 5. The smallest absolute Gasteiger partial charge is 0.225 e. The van der Waals surface area contributed by atoms with E-state index in [4.69, 9.17) is 0 Å². The molecule has 1 N–H and O–H groups in total. The molecule has 0 bridgehead atoms. The number of amides is 1. The van der Waals surface area contributed by atoms with Gasteiger partial charge in [0, 0.05) is 24.6 Å². The Morgan fingerprint density at radius 1 is 1.26 bits per heavy atom. The highest BCUT2D eigenvalue weighted by atomic mass is 16.1. The second kappa shape index (κ2) is 7.04. The molecule has 2 rings (SSSR count). The molecule has 4 heteroatoms. The van der Waals surface area contributed by atoms with Crippen LogP contribution in [0.2, 0.25) is 0 Å². The van der Waals surface area contributed by atoms with Crippen LogP contribution in [0, 0.1) is 5.92 Å². The third-order valence-electron chi connectivity index (χ3n) is 3.54. The molecule has 1 aromatic carbocycles. The lowest BCUT2D eigenvalue weighted by Crippen LogP contribution is -2.36. The van der Waals surface area contributed by atoms with Crippen molar-refractivity contribution in [3.05, 3.63) is 30.3 Å². The van der Waals surface area contributed by atoms with Crippen molar-refractivity contribution in [3.8, 4) is 0 Å². The molecular formula is C15H20N2O2. The van der Waals surface area contributed by atoms with Crippen LogP contribution in [0.3, 0.4) is 0 Å². The minimum atomic E-state index is 0.0451. The van der Waals surface area contributed by atoms with E-state index in [0.29, 0.717) is 6.42 Å². The van der Waals surface area contributed by atoms with Crippen molar-refractivity contribution in [2.75, 3.05) is 25.0 Å². The van der Waals surface area contributed by atoms with Crippen molar-refractivity contribution in [1.82, 2.24) is 4.90 Å². The number of nitrogens with zero attached hydrogens (tertiary/aromatic N) is 1. The molecule has 0 aliphatic carbocycles. The molecule has 0 atom stereocenters. The molecule has 1 aliphatic rings. The second-order valence-corrected chi connectivity index (χ2v) is 4.98. The Morgan fingerprint density at radius 3 is 2.58 bits per heavy atom. The molecule has 0 unspecified atom stereocenters. The van der Waals surface area contributed by atoms with Gasteiger partial charge < -0.3 is 15.0 Å². The predicted molar refractivity (Wildman–Crippen MR) is 74.9 cm³/mol. The number of para-hydroxylation sites is 1. The van der Waals surface area contributed by atoms with E-state index in [9.17, 15) is 9.59 Å². The highest BCUT2D eigenvalue weighted by Gasteiger charge is 2.18. The van der Waals surface area contributed by atoms with Gasteiger partial charge in [-0.05, 0) is 38.1 Å². The first kappa shape index (κ1) is 13.7.